The average molecular weight is 209 g/mol. The zero-order chi connectivity index (χ0) is 10.8. The van der Waals surface area contributed by atoms with Crippen LogP contribution in [0.3, 0.4) is 0 Å². The summed E-state index contributed by atoms with van der Waals surface area (Å²) in [5.41, 5.74) is 2.30. The third-order valence-electron chi connectivity index (χ3n) is 3.30. The van der Waals surface area contributed by atoms with Gasteiger partial charge in [-0.1, -0.05) is 6.92 Å². The highest BCUT2D eigenvalue weighted by Gasteiger charge is 2.39. The molecule has 1 aliphatic heterocycles. The van der Waals surface area contributed by atoms with Crippen LogP contribution in [-0.4, -0.2) is 30.7 Å². The first kappa shape index (κ1) is 10.7. The number of hydrogen-bond acceptors (Lipinski definition) is 2. The van der Waals surface area contributed by atoms with Gasteiger partial charge in [-0.05, 0) is 37.7 Å². The smallest absolute Gasteiger partial charge is 0.252 e. The fourth-order valence-corrected chi connectivity index (χ4v) is 2.64. The van der Waals surface area contributed by atoms with E-state index in [1.165, 1.54) is 12.0 Å². The number of carbonyl (C=O) groups is 1. The minimum atomic E-state index is -0.0623. The van der Waals surface area contributed by atoms with E-state index in [1.54, 1.807) is 7.11 Å². The van der Waals surface area contributed by atoms with Crippen LogP contribution in [0.5, 0.6) is 0 Å². The van der Waals surface area contributed by atoms with Crippen LogP contribution in [0, 0.1) is 0 Å². The third kappa shape index (κ3) is 1.69. The fourth-order valence-electron chi connectivity index (χ4n) is 2.64. The SMILES string of the molecule is CCCN1C(=O)C2=C(CCCC2)[C@H]1OC. The Morgan fingerprint density at radius 1 is 1.40 bits per heavy atom. The third-order valence-corrected chi connectivity index (χ3v) is 3.30. The van der Waals surface area contributed by atoms with E-state index in [0.29, 0.717) is 0 Å². The van der Waals surface area contributed by atoms with Crippen molar-refractivity contribution in [2.75, 3.05) is 13.7 Å². The topological polar surface area (TPSA) is 29.5 Å². The number of methoxy groups -OCH3 is 1. The number of hydrogen-bond donors (Lipinski definition) is 0. The molecule has 3 nitrogen and oxygen atoms in total. The number of ether oxygens (including phenoxy) is 1. The Balaban J connectivity index is 2.24. The fraction of sp³-hybridized carbons (Fsp3) is 0.750. The van der Waals surface area contributed by atoms with Crippen LogP contribution in [0.25, 0.3) is 0 Å². The molecule has 0 N–H and O–H groups in total. The molecular formula is C12H19NO2. The largest absolute Gasteiger partial charge is 0.357 e. The van der Waals surface area contributed by atoms with Gasteiger partial charge in [0.1, 0.15) is 0 Å². The molecule has 2 rings (SSSR count). The Labute approximate surface area is 91.1 Å². The van der Waals surface area contributed by atoms with Crippen LogP contribution in [0.15, 0.2) is 11.1 Å². The van der Waals surface area contributed by atoms with Crippen molar-refractivity contribution in [2.24, 2.45) is 0 Å². The summed E-state index contributed by atoms with van der Waals surface area (Å²) in [4.78, 5) is 14.0. The van der Waals surface area contributed by atoms with Crippen LogP contribution in [0.4, 0.5) is 0 Å². The number of amides is 1. The van der Waals surface area contributed by atoms with E-state index in [2.05, 4.69) is 6.92 Å². The van der Waals surface area contributed by atoms with Gasteiger partial charge >= 0.3 is 0 Å². The molecule has 1 atom stereocenters. The van der Waals surface area contributed by atoms with Crippen molar-refractivity contribution < 1.29 is 9.53 Å². The maximum atomic E-state index is 12.1. The Morgan fingerprint density at radius 2 is 2.13 bits per heavy atom. The standard InChI is InChI=1S/C12H19NO2/c1-3-8-13-11(14)9-6-4-5-7-10(9)12(13)15-2/h12H,3-8H2,1-2H3/t12-/m1/s1. The zero-order valence-corrected chi connectivity index (χ0v) is 9.58. The van der Waals surface area contributed by atoms with E-state index in [-0.39, 0.29) is 12.1 Å². The summed E-state index contributed by atoms with van der Waals surface area (Å²) in [7, 11) is 1.70. The Hall–Kier alpha value is -0.830. The average Bonchev–Trinajstić information content (AvgIpc) is 2.54. The summed E-state index contributed by atoms with van der Waals surface area (Å²) in [6.07, 6.45) is 5.28. The zero-order valence-electron chi connectivity index (χ0n) is 9.58. The van der Waals surface area contributed by atoms with E-state index < -0.39 is 0 Å². The molecule has 0 unspecified atom stereocenters. The summed E-state index contributed by atoms with van der Waals surface area (Å²) in [5.74, 6) is 0.221. The number of carbonyl (C=O) groups excluding carboxylic acids is 1. The van der Waals surface area contributed by atoms with Crippen molar-refractivity contribution in [1.29, 1.82) is 0 Å². The van der Waals surface area contributed by atoms with Crippen LogP contribution in [-0.2, 0) is 9.53 Å². The lowest BCUT2D eigenvalue weighted by Crippen LogP contribution is -2.37. The van der Waals surface area contributed by atoms with Crippen molar-refractivity contribution in [3.8, 4) is 0 Å². The minimum absolute atomic E-state index is 0.0623. The first-order valence-electron chi connectivity index (χ1n) is 5.85. The molecule has 2 aliphatic rings. The molecule has 0 bridgehead atoms. The van der Waals surface area contributed by atoms with Crippen molar-refractivity contribution in [3.05, 3.63) is 11.1 Å². The molecule has 1 heterocycles. The Bertz CT molecular complexity index is 296. The minimum Gasteiger partial charge on any atom is -0.357 e. The van der Waals surface area contributed by atoms with Crippen molar-refractivity contribution in [1.82, 2.24) is 4.90 Å². The van der Waals surface area contributed by atoms with Gasteiger partial charge in [-0.15, -0.1) is 0 Å². The van der Waals surface area contributed by atoms with Gasteiger partial charge in [0.15, 0.2) is 6.23 Å². The molecule has 0 fully saturated rings. The number of nitrogens with zero attached hydrogens (tertiary/aromatic N) is 1. The lowest BCUT2D eigenvalue weighted by Gasteiger charge is -2.25. The molecule has 0 saturated heterocycles. The van der Waals surface area contributed by atoms with Crippen LogP contribution < -0.4 is 0 Å². The molecule has 3 heteroatoms. The predicted octanol–water partition coefficient (Wildman–Crippen LogP) is 2.08. The van der Waals surface area contributed by atoms with Crippen molar-refractivity contribution in [3.63, 3.8) is 0 Å². The second-order valence-electron chi connectivity index (χ2n) is 4.30. The van der Waals surface area contributed by atoms with Crippen LogP contribution >= 0.6 is 0 Å². The molecular weight excluding hydrogens is 190 g/mol. The molecule has 0 aromatic carbocycles. The first-order valence-corrected chi connectivity index (χ1v) is 5.85. The quantitative estimate of drug-likeness (QED) is 0.712. The predicted molar refractivity (Wildman–Crippen MR) is 58.3 cm³/mol. The lowest BCUT2D eigenvalue weighted by atomic mass is 9.93. The van der Waals surface area contributed by atoms with Gasteiger partial charge in [-0.3, -0.25) is 4.79 Å². The molecule has 0 radical (unpaired) electrons. The molecule has 1 aliphatic carbocycles. The van der Waals surface area contributed by atoms with Gasteiger partial charge in [-0.2, -0.15) is 0 Å². The van der Waals surface area contributed by atoms with E-state index in [4.69, 9.17) is 4.74 Å². The summed E-state index contributed by atoms with van der Waals surface area (Å²) in [6.45, 7) is 2.90. The summed E-state index contributed by atoms with van der Waals surface area (Å²) < 4.78 is 5.46. The normalized spacial score (nSPS) is 26.1. The van der Waals surface area contributed by atoms with Crippen molar-refractivity contribution >= 4 is 5.91 Å². The second-order valence-corrected chi connectivity index (χ2v) is 4.30. The highest BCUT2D eigenvalue weighted by Crippen LogP contribution is 2.36. The molecule has 0 spiro atoms. The first-order chi connectivity index (χ1) is 7.29. The van der Waals surface area contributed by atoms with E-state index in [9.17, 15) is 4.79 Å². The molecule has 1 amide bonds. The Morgan fingerprint density at radius 3 is 2.80 bits per heavy atom. The van der Waals surface area contributed by atoms with Gasteiger partial charge < -0.3 is 9.64 Å². The van der Waals surface area contributed by atoms with Gasteiger partial charge in [0.05, 0.1) is 0 Å². The lowest BCUT2D eigenvalue weighted by molar-refractivity contribution is -0.133. The maximum Gasteiger partial charge on any atom is 0.252 e. The highest BCUT2D eigenvalue weighted by atomic mass is 16.5. The van der Waals surface area contributed by atoms with E-state index in [1.807, 2.05) is 4.90 Å². The van der Waals surface area contributed by atoms with Gasteiger partial charge in [0.25, 0.3) is 5.91 Å². The van der Waals surface area contributed by atoms with Gasteiger partial charge in [0, 0.05) is 19.2 Å². The maximum absolute atomic E-state index is 12.1. The van der Waals surface area contributed by atoms with Gasteiger partial charge in [0.2, 0.25) is 0 Å². The molecule has 0 aromatic heterocycles. The summed E-state index contributed by atoms with van der Waals surface area (Å²) in [5, 5.41) is 0. The molecule has 15 heavy (non-hydrogen) atoms. The summed E-state index contributed by atoms with van der Waals surface area (Å²) >= 11 is 0. The summed E-state index contributed by atoms with van der Waals surface area (Å²) in [6, 6.07) is 0. The van der Waals surface area contributed by atoms with E-state index in [0.717, 1.165) is 37.8 Å². The second kappa shape index (κ2) is 4.35. The van der Waals surface area contributed by atoms with Gasteiger partial charge in [-0.25, -0.2) is 0 Å². The van der Waals surface area contributed by atoms with Crippen LogP contribution in [0.1, 0.15) is 39.0 Å². The van der Waals surface area contributed by atoms with E-state index >= 15 is 0 Å². The Kier molecular flexibility index (Phi) is 3.10. The number of rotatable bonds is 3. The molecule has 84 valence electrons. The van der Waals surface area contributed by atoms with Crippen LogP contribution in [0.2, 0.25) is 0 Å². The molecule has 0 aromatic rings. The molecule has 0 saturated carbocycles. The monoisotopic (exact) mass is 209 g/mol. The van der Waals surface area contributed by atoms with Crippen molar-refractivity contribution in [2.45, 2.75) is 45.3 Å². The highest BCUT2D eigenvalue weighted by molar-refractivity contribution is 5.97.